The number of rotatable bonds is 3. The Morgan fingerprint density at radius 3 is 2.75 bits per heavy atom. The fourth-order valence-corrected chi connectivity index (χ4v) is 2.89. The molecule has 0 aliphatic heterocycles. The maximum Gasteiger partial charge on any atom is 0.100 e. The molecule has 0 saturated carbocycles. The van der Waals surface area contributed by atoms with E-state index in [0.717, 1.165) is 21.2 Å². The number of fused-ring (bicyclic) bond motifs is 1. The van der Waals surface area contributed by atoms with Crippen LogP contribution in [0.5, 0.6) is 0 Å². The molecule has 2 aromatic carbocycles. The molecule has 4 heteroatoms. The van der Waals surface area contributed by atoms with E-state index < -0.39 is 0 Å². The summed E-state index contributed by atoms with van der Waals surface area (Å²) in [6, 6.07) is 14.9. The van der Waals surface area contributed by atoms with Crippen LogP contribution in [0.4, 0.5) is 0 Å². The molecule has 1 unspecified atom stereocenters. The van der Waals surface area contributed by atoms with Crippen LogP contribution < -0.4 is 5.32 Å². The van der Waals surface area contributed by atoms with Crippen LogP contribution in [0.2, 0.25) is 0 Å². The van der Waals surface area contributed by atoms with E-state index in [2.05, 4.69) is 62.0 Å². The summed E-state index contributed by atoms with van der Waals surface area (Å²) < 4.78 is 3.17. The Kier molecular flexibility index (Phi) is 3.59. The van der Waals surface area contributed by atoms with Crippen LogP contribution in [0.3, 0.4) is 0 Å². The van der Waals surface area contributed by atoms with Crippen molar-refractivity contribution < 1.29 is 0 Å². The summed E-state index contributed by atoms with van der Waals surface area (Å²) in [4.78, 5) is 4.44. The number of nitrogens with one attached hydrogen (secondary N) is 1. The summed E-state index contributed by atoms with van der Waals surface area (Å²) >= 11 is 3.68. The molecule has 1 aromatic heterocycles. The van der Waals surface area contributed by atoms with E-state index in [0.29, 0.717) is 6.04 Å². The summed E-state index contributed by atoms with van der Waals surface area (Å²) in [6.07, 6.45) is 1.87. The molecule has 20 heavy (non-hydrogen) atoms. The SMILES string of the molecule is CNC(C)c1ccc(-n2cnc3ccccc32)c(Br)c1. The van der Waals surface area contributed by atoms with Crippen molar-refractivity contribution in [3.8, 4) is 5.69 Å². The molecule has 3 aromatic rings. The lowest BCUT2D eigenvalue weighted by Gasteiger charge is -2.13. The van der Waals surface area contributed by atoms with Gasteiger partial charge in [-0.1, -0.05) is 18.2 Å². The maximum absolute atomic E-state index is 4.44. The Hall–Kier alpha value is -1.65. The third-order valence-corrected chi connectivity index (χ3v) is 4.25. The molecule has 0 aliphatic carbocycles. The third kappa shape index (κ3) is 2.25. The molecule has 1 N–H and O–H groups in total. The Morgan fingerprint density at radius 2 is 2.00 bits per heavy atom. The minimum atomic E-state index is 0.333. The number of hydrogen-bond acceptors (Lipinski definition) is 2. The summed E-state index contributed by atoms with van der Waals surface area (Å²) in [5.74, 6) is 0. The molecular weight excluding hydrogens is 314 g/mol. The van der Waals surface area contributed by atoms with Crippen LogP contribution in [-0.2, 0) is 0 Å². The molecule has 1 atom stereocenters. The fraction of sp³-hybridized carbons (Fsp3) is 0.188. The zero-order valence-electron chi connectivity index (χ0n) is 11.5. The molecule has 0 amide bonds. The number of nitrogens with zero attached hydrogens (tertiary/aromatic N) is 2. The second-order valence-corrected chi connectivity index (χ2v) is 5.68. The molecule has 0 fully saturated rings. The van der Waals surface area contributed by atoms with Gasteiger partial charge < -0.3 is 5.32 Å². The van der Waals surface area contributed by atoms with Crippen LogP contribution in [-0.4, -0.2) is 16.6 Å². The molecule has 3 rings (SSSR count). The first kappa shape index (κ1) is 13.3. The highest BCUT2D eigenvalue weighted by molar-refractivity contribution is 9.10. The van der Waals surface area contributed by atoms with E-state index in [4.69, 9.17) is 0 Å². The van der Waals surface area contributed by atoms with Crippen molar-refractivity contribution in [3.63, 3.8) is 0 Å². The maximum atomic E-state index is 4.44. The number of halogens is 1. The van der Waals surface area contributed by atoms with E-state index in [1.807, 2.05) is 31.6 Å². The molecular formula is C16H16BrN3. The van der Waals surface area contributed by atoms with Gasteiger partial charge in [-0.2, -0.15) is 0 Å². The zero-order chi connectivity index (χ0) is 14.1. The van der Waals surface area contributed by atoms with E-state index >= 15 is 0 Å². The van der Waals surface area contributed by atoms with Gasteiger partial charge in [0.2, 0.25) is 0 Å². The fourth-order valence-electron chi connectivity index (χ4n) is 2.31. The highest BCUT2D eigenvalue weighted by Gasteiger charge is 2.10. The standard InChI is InChI=1S/C16H16BrN3/c1-11(18-2)12-7-8-15(13(17)9-12)20-10-19-14-5-3-4-6-16(14)20/h3-11,18H,1-2H3. The largest absolute Gasteiger partial charge is 0.313 e. The molecule has 1 heterocycles. The molecule has 0 radical (unpaired) electrons. The van der Waals surface area contributed by atoms with Crippen molar-refractivity contribution >= 4 is 27.0 Å². The molecule has 3 nitrogen and oxygen atoms in total. The van der Waals surface area contributed by atoms with Gasteiger partial charge >= 0.3 is 0 Å². The van der Waals surface area contributed by atoms with Gasteiger partial charge in [0.1, 0.15) is 6.33 Å². The van der Waals surface area contributed by atoms with Gasteiger partial charge in [-0.15, -0.1) is 0 Å². The number of benzene rings is 2. The quantitative estimate of drug-likeness (QED) is 0.785. The highest BCUT2D eigenvalue weighted by atomic mass is 79.9. The number of aromatic nitrogens is 2. The lowest BCUT2D eigenvalue weighted by Crippen LogP contribution is -2.12. The van der Waals surface area contributed by atoms with Crippen molar-refractivity contribution in [1.29, 1.82) is 0 Å². The average molecular weight is 330 g/mol. The van der Waals surface area contributed by atoms with Crippen LogP contribution in [0, 0.1) is 0 Å². The van der Waals surface area contributed by atoms with Crippen molar-refractivity contribution in [2.75, 3.05) is 7.05 Å². The lowest BCUT2D eigenvalue weighted by molar-refractivity contribution is 0.652. The molecule has 0 bridgehead atoms. The number of para-hydroxylation sites is 2. The minimum absolute atomic E-state index is 0.333. The van der Waals surface area contributed by atoms with E-state index in [1.165, 1.54) is 5.56 Å². The van der Waals surface area contributed by atoms with Crippen molar-refractivity contribution in [2.45, 2.75) is 13.0 Å². The van der Waals surface area contributed by atoms with E-state index in [9.17, 15) is 0 Å². The molecule has 0 spiro atoms. The van der Waals surface area contributed by atoms with Crippen molar-refractivity contribution in [2.24, 2.45) is 0 Å². The van der Waals surface area contributed by atoms with Gasteiger partial charge in [-0.25, -0.2) is 4.98 Å². The smallest absolute Gasteiger partial charge is 0.100 e. The highest BCUT2D eigenvalue weighted by Crippen LogP contribution is 2.27. The van der Waals surface area contributed by atoms with Crippen LogP contribution in [0.25, 0.3) is 16.7 Å². The summed E-state index contributed by atoms with van der Waals surface area (Å²) in [7, 11) is 1.97. The first-order valence-corrected chi connectivity index (χ1v) is 7.39. The monoisotopic (exact) mass is 329 g/mol. The van der Waals surface area contributed by atoms with E-state index in [-0.39, 0.29) is 0 Å². The average Bonchev–Trinajstić information content (AvgIpc) is 2.90. The third-order valence-electron chi connectivity index (χ3n) is 3.62. The molecule has 0 aliphatic rings. The Morgan fingerprint density at radius 1 is 1.20 bits per heavy atom. The predicted octanol–water partition coefficient (Wildman–Crippen LogP) is 4.07. The zero-order valence-corrected chi connectivity index (χ0v) is 13.1. The van der Waals surface area contributed by atoms with Crippen molar-refractivity contribution in [1.82, 2.24) is 14.9 Å². The van der Waals surface area contributed by atoms with Crippen molar-refractivity contribution in [3.05, 3.63) is 58.8 Å². The van der Waals surface area contributed by atoms with Crippen LogP contribution in [0.1, 0.15) is 18.5 Å². The summed E-state index contributed by atoms with van der Waals surface area (Å²) in [5, 5.41) is 3.25. The minimum Gasteiger partial charge on any atom is -0.313 e. The summed E-state index contributed by atoms with van der Waals surface area (Å²) in [5.41, 5.74) is 4.48. The predicted molar refractivity (Wildman–Crippen MR) is 86.2 cm³/mol. The Bertz CT molecular complexity index is 748. The van der Waals surface area contributed by atoms with Gasteiger partial charge in [0.05, 0.1) is 16.7 Å². The van der Waals surface area contributed by atoms with Crippen LogP contribution >= 0.6 is 15.9 Å². The van der Waals surface area contributed by atoms with Gasteiger partial charge in [-0.3, -0.25) is 4.57 Å². The molecule has 102 valence electrons. The number of hydrogen-bond donors (Lipinski definition) is 1. The second kappa shape index (κ2) is 5.38. The topological polar surface area (TPSA) is 29.9 Å². The number of imidazole rings is 1. The normalized spacial score (nSPS) is 12.8. The first-order chi connectivity index (χ1) is 9.70. The Balaban J connectivity index is 2.11. The van der Waals surface area contributed by atoms with Crippen LogP contribution in [0.15, 0.2) is 53.3 Å². The first-order valence-electron chi connectivity index (χ1n) is 6.60. The van der Waals surface area contributed by atoms with Gasteiger partial charge in [-0.05, 0) is 59.7 Å². The van der Waals surface area contributed by atoms with E-state index in [1.54, 1.807) is 0 Å². The van der Waals surface area contributed by atoms with Gasteiger partial charge in [0, 0.05) is 10.5 Å². The second-order valence-electron chi connectivity index (χ2n) is 4.82. The van der Waals surface area contributed by atoms with Gasteiger partial charge in [0.15, 0.2) is 0 Å². The van der Waals surface area contributed by atoms with Gasteiger partial charge in [0.25, 0.3) is 0 Å². The molecule has 0 saturated heterocycles. The summed E-state index contributed by atoms with van der Waals surface area (Å²) in [6.45, 7) is 2.15. The Labute approximate surface area is 126 Å². The lowest BCUT2D eigenvalue weighted by atomic mass is 10.1.